The third kappa shape index (κ3) is 4.22. The highest BCUT2D eigenvalue weighted by Gasteiger charge is 2.09. The first kappa shape index (κ1) is 15.4. The third-order valence-corrected chi connectivity index (χ3v) is 3.44. The average molecular weight is 305 g/mol. The predicted octanol–water partition coefficient (Wildman–Crippen LogP) is 2.53. The van der Waals surface area contributed by atoms with Crippen LogP contribution in [-0.2, 0) is 0 Å². The average Bonchev–Trinajstić information content (AvgIpc) is 2.47. The van der Waals surface area contributed by atoms with Crippen molar-refractivity contribution in [3.8, 4) is 5.75 Å². The molecule has 7 heteroatoms. The summed E-state index contributed by atoms with van der Waals surface area (Å²) in [6.07, 6.45) is 0. The maximum atomic E-state index is 5.23. The fraction of sp³-hybridized carbons (Fsp3) is 0.357. The lowest BCUT2D eigenvalue weighted by Gasteiger charge is -2.12. The smallest absolute Gasteiger partial charge is 0.230 e. The number of nitrogens with zero attached hydrogens (tertiary/aromatic N) is 4. The van der Waals surface area contributed by atoms with E-state index >= 15 is 0 Å². The van der Waals surface area contributed by atoms with E-state index in [-0.39, 0.29) is 0 Å². The van der Waals surface area contributed by atoms with Crippen molar-refractivity contribution in [1.29, 1.82) is 0 Å². The van der Waals surface area contributed by atoms with Crippen molar-refractivity contribution in [2.45, 2.75) is 17.0 Å². The molecule has 0 bridgehead atoms. The number of benzene rings is 1. The Morgan fingerprint density at radius 1 is 1.24 bits per heavy atom. The molecule has 0 spiro atoms. The maximum absolute atomic E-state index is 5.23. The number of rotatable bonds is 6. The Kier molecular flexibility index (Phi) is 5.21. The van der Waals surface area contributed by atoms with Crippen LogP contribution >= 0.6 is 11.8 Å². The fourth-order valence-corrected chi connectivity index (χ4v) is 2.39. The Balaban J connectivity index is 2.29. The molecule has 0 saturated heterocycles. The molecular weight excluding hydrogens is 286 g/mol. The lowest BCUT2D eigenvalue weighted by Crippen LogP contribution is -2.15. The van der Waals surface area contributed by atoms with E-state index in [1.165, 1.54) is 11.8 Å². The van der Waals surface area contributed by atoms with Crippen molar-refractivity contribution in [3.63, 3.8) is 0 Å². The Bertz CT molecular complexity index is 606. The molecule has 112 valence electrons. The maximum Gasteiger partial charge on any atom is 0.230 e. The summed E-state index contributed by atoms with van der Waals surface area (Å²) in [4.78, 5) is 16.1. The molecule has 0 aliphatic carbocycles. The molecule has 0 aliphatic heterocycles. The summed E-state index contributed by atoms with van der Waals surface area (Å²) in [5.41, 5.74) is 0. The largest absolute Gasteiger partial charge is 0.497 e. The van der Waals surface area contributed by atoms with Crippen LogP contribution in [0.2, 0.25) is 0 Å². The molecule has 1 aromatic carbocycles. The molecule has 0 aliphatic rings. The predicted molar refractivity (Wildman–Crippen MR) is 85.4 cm³/mol. The Hall–Kier alpha value is -2.02. The molecule has 0 radical (unpaired) electrons. The van der Waals surface area contributed by atoms with E-state index in [0.29, 0.717) is 17.1 Å². The van der Waals surface area contributed by atoms with Gasteiger partial charge in [-0.3, -0.25) is 0 Å². The molecule has 0 fully saturated rings. The molecule has 2 aromatic rings. The molecule has 0 saturated carbocycles. The molecule has 1 aromatic heterocycles. The first-order chi connectivity index (χ1) is 10.1. The molecule has 1 N–H and O–H groups in total. The van der Waals surface area contributed by atoms with Gasteiger partial charge in [0.15, 0.2) is 5.16 Å². The van der Waals surface area contributed by atoms with Gasteiger partial charge >= 0.3 is 0 Å². The van der Waals surface area contributed by atoms with Gasteiger partial charge in [-0.2, -0.15) is 15.0 Å². The highest BCUT2D eigenvalue weighted by Crippen LogP contribution is 2.28. The first-order valence-corrected chi connectivity index (χ1v) is 7.43. The van der Waals surface area contributed by atoms with Crippen LogP contribution in [0, 0.1) is 0 Å². The van der Waals surface area contributed by atoms with Gasteiger partial charge in [0.1, 0.15) is 5.75 Å². The number of nitrogens with one attached hydrogen (secondary N) is 1. The van der Waals surface area contributed by atoms with Gasteiger partial charge in [0.25, 0.3) is 0 Å². The standard InChI is InChI=1S/C14H19N5OS/c1-5-15-12-16-13(19(2)3)18-14(17-12)21-11-8-6-7-10(9-11)20-4/h6-9H,5H2,1-4H3,(H,15,16,17,18). The number of hydrogen-bond acceptors (Lipinski definition) is 7. The molecule has 0 unspecified atom stereocenters. The summed E-state index contributed by atoms with van der Waals surface area (Å²) in [7, 11) is 5.47. The summed E-state index contributed by atoms with van der Waals surface area (Å²) in [6, 6.07) is 7.81. The van der Waals surface area contributed by atoms with Crippen molar-refractivity contribution in [2.75, 3.05) is 38.0 Å². The second-order valence-electron chi connectivity index (χ2n) is 4.45. The summed E-state index contributed by atoms with van der Waals surface area (Å²) in [5.74, 6) is 2.03. The highest BCUT2D eigenvalue weighted by atomic mass is 32.2. The molecular formula is C14H19N5OS. The molecule has 21 heavy (non-hydrogen) atoms. The number of hydrogen-bond donors (Lipinski definition) is 1. The number of aromatic nitrogens is 3. The molecule has 1 heterocycles. The van der Waals surface area contributed by atoms with Crippen LogP contribution < -0.4 is 15.0 Å². The van der Waals surface area contributed by atoms with E-state index < -0.39 is 0 Å². The van der Waals surface area contributed by atoms with E-state index in [2.05, 4.69) is 20.3 Å². The highest BCUT2D eigenvalue weighted by molar-refractivity contribution is 7.99. The van der Waals surface area contributed by atoms with Gasteiger partial charge in [0, 0.05) is 25.5 Å². The van der Waals surface area contributed by atoms with Crippen LogP contribution in [-0.4, -0.2) is 42.7 Å². The molecule has 6 nitrogen and oxygen atoms in total. The van der Waals surface area contributed by atoms with Crippen molar-refractivity contribution < 1.29 is 4.74 Å². The van der Waals surface area contributed by atoms with E-state index in [1.807, 2.05) is 50.2 Å². The molecule has 0 atom stereocenters. The van der Waals surface area contributed by atoms with Crippen LogP contribution in [0.25, 0.3) is 0 Å². The summed E-state index contributed by atoms with van der Waals surface area (Å²) in [5, 5.41) is 3.78. The van der Waals surface area contributed by atoms with Crippen molar-refractivity contribution in [3.05, 3.63) is 24.3 Å². The zero-order chi connectivity index (χ0) is 15.2. The topological polar surface area (TPSA) is 63.2 Å². The van der Waals surface area contributed by atoms with E-state index in [1.54, 1.807) is 7.11 Å². The lowest BCUT2D eigenvalue weighted by molar-refractivity contribution is 0.413. The lowest BCUT2D eigenvalue weighted by atomic mass is 10.3. The van der Waals surface area contributed by atoms with Crippen LogP contribution in [0.15, 0.2) is 34.3 Å². The van der Waals surface area contributed by atoms with Gasteiger partial charge in [-0.1, -0.05) is 6.07 Å². The van der Waals surface area contributed by atoms with Gasteiger partial charge in [0.05, 0.1) is 7.11 Å². The fourth-order valence-electron chi connectivity index (χ4n) is 1.60. The summed E-state index contributed by atoms with van der Waals surface area (Å²) < 4.78 is 5.23. The minimum atomic E-state index is 0.585. The van der Waals surface area contributed by atoms with Crippen LogP contribution in [0.1, 0.15) is 6.92 Å². The van der Waals surface area contributed by atoms with Gasteiger partial charge in [-0.15, -0.1) is 0 Å². The molecule has 2 rings (SSSR count). The van der Waals surface area contributed by atoms with Gasteiger partial charge < -0.3 is 15.0 Å². The van der Waals surface area contributed by atoms with Gasteiger partial charge in [-0.05, 0) is 36.9 Å². The Morgan fingerprint density at radius 3 is 2.71 bits per heavy atom. The quantitative estimate of drug-likeness (QED) is 0.879. The zero-order valence-corrected chi connectivity index (χ0v) is 13.4. The van der Waals surface area contributed by atoms with Crippen LogP contribution in [0.3, 0.4) is 0 Å². The van der Waals surface area contributed by atoms with Gasteiger partial charge in [-0.25, -0.2) is 0 Å². The SMILES string of the molecule is CCNc1nc(Sc2cccc(OC)c2)nc(N(C)C)n1. The first-order valence-electron chi connectivity index (χ1n) is 6.61. The van der Waals surface area contributed by atoms with Crippen LogP contribution in [0.5, 0.6) is 5.75 Å². The second-order valence-corrected chi connectivity index (χ2v) is 5.49. The number of ether oxygens (including phenoxy) is 1. The molecule has 0 amide bonds. The number of methoxy groups -OCH3 is 1. The monoisotopic (exact) mass is 305 g/mol. The minimum absolute atomic E-state index is 0.585. The van der Waals surface area contributed by atoms with Crippen LogP contribution in [0.4, 0.5) is 11.9 Å². The summed E-state index contributed by atoms with van der Waals surface area (Å²) in [6.45, 7) is 2.77. The van der Waals surface area contributed by atoms with E-state index in [9.17, 15) is 0 Å². The normalized spacial score (nSPS) is 10.3. The summed E-state index contributed by atoms with van der Waals surface area (Å²) >= 11 is 1.48. The Morgan fingerprint density at radius 2 is 2.05 bits per heavy atom. The van der Waals surface area contributed by atoms with E-state index in [4.69, 9.17) is 4.74 Å². The number of anilines is 2. The van der Waals surface area contributed by atoms with Crippen molar-refractivity contribution in [1.82, 2.24) is 15.0 Å². The second kappa shape index (κ2) is 7.12. The van der Waals surface area contributed by atoms with E-state index in [0.717, 1.165) is 17.2 Å². The van der Waals surface area contributed by atoms with Crippen molar-refractivity contribution >= 4 is 23.7 Å². The third-order valence-electron chi connectivity index (χ3n) is 2.59. The Labute approximate surface area is 129 Å². The van der Waals surface area contributed by atoms with Crippen molar-refractivity contribution in [2.24, 2.45) is 0 Å². The zero-order valence-electron chi connectivity index (χ0n) is 12.6. The van der Waals surface area contributed by atoms with Gasteiger partial charge in [0.2, 0.25) is 11.9 Å². The minimum Gasteiger partial charge on any atom is -0.497 e.